The Balaban J connectivity index is 1.77. The van der Waals surface area contributed by atoms with Crippen LogP contribution in [0.15, 0.2) is 54.6 Å². The number of carbonyl (C=O) groups excluding carboxylic acids is 2. The van der Waals surface area contributed by atoms with Gasteiger partial charge in [-0.2, -0.15) is 0 Å². The summed E-state index contributed by atoms with van der Waals surface area (Å²) in [6, 6.07) is 17.2. The number of ether oxygens (including phenoxy) is 1. The van der Waals surface area contributed by atoms with Gasteiger partial charge in [-0.05, 0) is 39.9 Å². The fourth-order valence-electron chi connectivity index (χ4n) is 3.53. The van der Waals surface area contributed by atoms with Gasteiger partial charge in [-0.25, -0.2) is 4.79 Å². The Morgan fingerprint density at radius 3 is 2.15 bits per heavy atom. The van der Waals surface area contributed by atoms with Gasteiger partial charge in [0.1, 0.15) is 6.04 Å². The number of benzene rings is 3. The summed E-state index contributed by atoms with van der Waals surface area (Å²) in [5.41, 5.74) is 0.614. The number of esters is 1. The first kappa shape index (κ1) is 16.6. The minimum absolute atomic E-state index is 0.228. The molecule has 0 radical (unpaired) electrons. The van der Waals surface area contributed by atoms with E-state index in [0.717, 1.165) is 34.4 Å². The Bertz CT molecular complexity index is 937. The number of nitrogens with one attached hydrogen (secondary N) is 1. The van der Waals surface area contributed by atoms with E-state index in [1.54, 1.807) is 0 Å². The third-order valence-corrected chi connectivity index (χ3v) is 5.06. The molecule has 3 aromatic carbocycles. The van der Waals surface area contributed by atoms with Gasteiger partial charge in [-0.3, -0.25) is 4.79 Å². The number of methoxy groups -OCH3 is 1. The Kier molecular flexibility index (Phi) is 4.33. The van der Waals surface area contributed by atoms with Crippen LogP contribution in [0, 0.1) is 5.92 Å². The first-order valence-electron chi connectivity index (χ1n) is 8.96. The summed E-state index contributed by atoms with van der Waals surface area (Å²) in [5, 5.41) is 6.72. The zero-order chi connectivity index (χ0) is 18.1. The number of amides is 1. The molecule has 4 rings (SSSR count). The highest BCUT2D eigenvalue weighted by Gasteiger charge is 2.31. The lowest BCUT2D eigenvalue weighted by Crippen LogP contribution is -2.42. The second kappa shape index (κ2) is 6.79. The Labute approximate surface area is 152 Å². The molecule has 0 heterocycles. The summed E-state index contributed by atoms with van der Waals surface area (Å²) >= 11 is 0. The summed E-state index contributed by atoms with van der Waals surface area (Å²) in [6.45, 7) is 0. The summed E-state index contributed by atoms with van der Waals surface area (Å²) in [7, 11) is 1.36. The molecule has 1 aliphatic carbocycles. The molecule has 1 fully saturated rings. The maximum Gasteiger partial charge on any atom is 0.328 e. The molecule has 0 saturated heterocycles. The molecule has 132 valence electrons. The molecular formula is C22H21NO3. The van der Waals surface area contributed by atoms with E-state index in [-0.39, 0.29) is 11.9 Å². The number of fused-ring (bicyclic) bond motifs is 2. The van der Waals surface area contributed by atoms with Crippen molar-refractivity contribution in [3.8, 4) is 0 Å². The van der Waals surface area contributed by atoms with E-state index >= 15 is 0 Å². The minimum atomic E-state index is -0.599. The van der Waals surface area contributed by atoms with Crippen LogP contribution in [0.5, 0.6) is 0 Å². The van der Waals surface area contributed by atoms with E-state index in [0.29, 0.717) is 17.9 Å². The van der Waals surface area contributed by atoms with Crippen LogP contribution in [0.25, 0.3) is 21.5 Å². The molecule has 4 nitrogen and oxygen atoms in total. The van der Waals surface area contributed by atoms with Crippen LogP contribution >= 0.6 is 0 Å². The van der Waals surface area contributed by atoms with Gasteiger partial charge in [0.25, 0.3) is 5.91 Å². The van der Waals surface area contributed by atoms with Crippen molar-refractivity contribution in [3.63, 3.8) is 0 Å². The zero-order valence-electron chi connectivity index (χ0n) is 14.7. The smallest absolute Gasteiger partial charge is 0.328 e. The fourth-order valence-corrected chi connectivity index (χ4v) is 3.53. The lowest BCUT2D eigenvalue weighted by atomic mass is 9.96. The van der Waals surface area contributed by atoms with Crippen molar-refractivity contribution in [2.24, 2.45) is 5.92 Å². The quantitative estimate of drug-likeness (QED) is 0.559. The number of hydrogen-bond donors (Lipinski definition) is 1. The number of carbonyl (C=O) groups is 2. The average molecular weight is 347 g/mol. The lowest BCUT2D eigenvalue weighted by Gasteiger charge is -2.18. The molecule has 0 unspecified atom stereocenters. The third kappa shape index (κ3) is 3.15. The molecule has 0 aliphatic heterocycles. The van der Waals surface area contributed by atoms with E-state index in [9.17, 15) is 9.59 Å². The first-order chi connectivity index (χ1) is 12.7. The largest absolute Gasteiger partial charge is 0.467 e. The second-order valence-corrected chi connectivity index (χ2v) is 6.92. The summed E-state index contributed by atoms with van der Waals surface area (Å²) in [5.74, 6) is -0.104. The SMILES string of the molecule is COC(=O)[C@H](CC1CC1)NC(=O)c1c2ccccc2cc2ccccc12. The van der Waals surface area contributed by atoms with Gasteiger partial charge >= 0.3 is 5.97 Å². The second-order valence-electron chi connectivity index (χ2n) is 6.92. The maximum absolute atomic E-state index is 13.2. The Morgan fingerprint density at radius 2 is 1.62 bits per heavy atom. The molecular weight excluding hydrogens is 326 g/mol. The summed E-state index contributed by atoms with van der Waals surface area (Å²) in [4.78, 5) is 25.3. The first-order valence-corrected chi connectivity index (χ1v) is 8.96. The van der Waals surface area contributed by atoms with E-state index in [2.05, 4.69) is 11.4 Å². The average Bonchev–Trinajstić information content (AvgIpc) is 3.48. The molecule has 1 aliphatic rings. The molecule has 26 heavy (non-hydrogen) atoms. The Hall–Kier alpha value is -2.88. The monoisotopic (exact) mass is 347 g/mol. The number of rotatable bonds is 5. The highest BCUT2D eigenvalue weighted by atomic mass is 16.5. The standard InChI is InChI=1S/C22H21NO3/c1-26-22(25)19(12-14-10-11-14)23-21(24)20-17-8-4-2-6-15(17)13-16-7-3-5-9-18(16)20/h2-9,13-14,19H,10-12H2,1H3,(H,23,24)/t19-/m0/s1. The Morgan fingerprint density at radius 1 is 1.04 bits per heavy atom. The van der Waals surface area contributed by atoms with Crippen LogP contribution in [0.4, 0.5) is 0 Å². The molecule has 0 spiro atoms. The molecule has 1 atom stereocenters. The van der Waals surface area contributed by atoms with E-state index in [1.807, 2.05) is 48.5 Å². The molecule has 1 N–H and O–H groups in total. The summed E-state index contributed by atoms with van der Waals surface area (Å²) in [6.07, 6.45) is 2.86. The normalized spacial score (nSPS) is 15.0. The van der Waals surface area contributed by atoms with Gasteiger partial charge in [0.2, 0.25) is 0 Å². The van der Waals surface area contributed by atoms with Gasteiger partial charge in [0.05, 0.1) is 12.7 Å². The maximum atomic E-state index is 13.2. The van der Waals surface area contributed by atoms with Gasteiger partial charge in [0.15, 0.2) is 0 Å². The van der Waals surface area contributed by atoms with Crippen LogP contribution < -0.4 is 5.32 Å². The molecule has 0 bridgehead atoms. The topological polar surface area (TPSA) is 55.4 Å². The molecule has 1 amide bonds. The number of hydrogen-bond acceptors (Lipinski definition) is 3. The van der Waals surface area contributed by atoms with Crippen molar-refractivity contribution >= 4 is 33.4 Å². The highest BCUT2D eigenvalue weighted by molar-refractivity contribution is 6.18. The van der Waals surface area contributed by atoms with Crippen LogP contribution in [0.3, 0.4) is 0 Å². The zero-order valence-corrected chi connectivity index (χ0v) is 14.7. The van der Waals surface area contributed by atoms with Crippen LogP contribution in [-0.2, 0) is 9.53 Å². The van der Waals surface area contributed by atoms with Crippen LogP contribution in [-0.4, -0.2) is 25.0 Å². The van der Waals surface area contributed by atoms with E-state index < -0.39 is 6.04 Å². The van der Waals surface area contributed by atoms with Gasteiger partial charge in [-0.15, -0.1) is 0 Å². The highest BCUT2D eigenvalue weighted by Crippen LogP contribution is 2.34. The minimum Gasteiger partial charge on any atom is -0.467 e. The van der Waals surface area contributed by atoms with Gasteiger partial charge < -0.3 is 10.1 Å². The summed E-state index contributed by atoms with van der Waals surface area (Å²) < 4.78 is 4.90. The van der Waals surface area contributed by atoms with Crippen LogP contribution in [0.1, 0.15) is 29.6 Å². The van der Waals surface area contributed by atoms with Crippen molar-refractivity contribution in [1.82, 2.24) is 5.32 Å². The van der Waals surface area contributed by atoms with E-state index in [1.165, 1.54) is 7.11 Å². The molecule has 4 heteroatoms. The van der Waals surface area contributed by atoms with Gasteiger partial charge in [0, 0.05) is 0 Å². The van der Waals surface area contributed by atoms with Crippen molar-refractivity contribution in [3.05, 3.63) is 60.2 Å². The van der Waals surface area contributed by atoms with E-state index in [4.69, 9.17) is 4.74 Å². The fraction of sp³-hybridized carbons (Fsp3) is 0.273. The predicted octanol–water partition coefficient (Wildman–Crippen LogP) is 4.06. The predicted molar refractivity (Wildman–Crippen MR) is 102 cm³/mol. The van der Waals surface area contributed by atoms with Crippen molar-refractivity contribution in [2.75, 3.05) is 7.11 Å². The lowest BCUT2D eigenvalue weighted by molar-refractivity contribution is -0.143. The molecule has 1 saturated carbocycles. The van der Waals surface area contributed by atoms with Crippen LogP contribution in [0.2, 0.25) is 0 Å². The molecule has 0 aromatic heterocycles. The van der Waals surface area contributed by atoms with Crippen molar-refractivity contribution in [1.29, 1.82) is 0 Å². The molecule has 3 aromatic rings. The van der Waals surface area contributed by atoms with Gasteiger partial charge in [-0.1, -0.05) is 61.4 Å². The van der Waals surface area contributed by atoms with Crippen molar-refractivity contribution < 1.29 is 14.3 Å². The third-order valence-electron chi connectivity index (χ3n) is 5.06. The van der Waals surface area contributed by atoms with Crippen molar-refractivity contribution in [2.45, 2.75) is 25.3 Å².